The third-order valence-electron chi connectivity index (χ3n) is 3.60. The largest absolute Gasteiger partial charge is 0.0890 e. The summed E-state index contributed by atoms with van der Waals surface area (Å²) in [6, 6.07) is 6.98. The van der Waals surface area contributed by atoms with E-state index in [1.165, 1.54) is 36.0 Å². The highest BCUT2D eigenvalue weighted by Crippen LogP contribution is 2.43. The number of aryl methyl sites for hydroxylation is 2. The van der Waals surface area contributed by atoms with Gasteiger partial charge in [0, 0.05) is 4.83 Å². The van der Waals surface area contributed by atoms with E-state index in [2.05, 4.69) is 54.9 Å². The highest BCUT2D eigenvalue weighted by molar-refractivity contribution is 9.09. The van der Waals surface area contributed by atoms with Gasteiger partial charge in [-0.1, -0.05) is 52.2 Å². The highest BCUT2D eigenvalue weighted by Gasteiger charge is 2.35. The Hall–Kier alpha value is -0.300. The van der Waals surface area contributed by atoms with Gasteiger partial charge in [-0.25, -0.2) is 0 Å². The van der Waals surface area contributed by atoms with Crippen LogP contribution < -0.4 is 0 Å². The lowest BCUT2D eigenvalue weighted by molar-refractivity contribution is 0.492. The van der Waals surface area contributed by atoms with Crippen molar-refractivity contribution in [3.8, 4) is 0 Å². The van der Waals surface area contributed by atoms with Crippen molar-refractivity contribution in [1.29, 1.82) is 0 Å². The molecule has 0 spiro atoms. The molecule has 82 valence electrons. The molecule has 15 heavy (non-hydrogen) atoms. The van der Waals surface area contributed by atoms with Gasteiger partial charge in [-0.2, -0.15) is 0 Å². The standard InChI is InChI=1S/C14H19Br/c1-10-6-11(2)8-12(7-10)14(3)5-4-13(15)9-14/h6-8,13H,4-5,9H2,1-3H3. The SMILES string of the molecule is Cc1cc(C)cc(C2(C)CCC(Br)C2)c1. The molecule has 0 amide bonds. The van der Waals surface area contributed by atoms with Gasteiger partial charge in [-0.15, -0.1) is 0 Å². The van der Waals surface area contributed by atoms with Gasteiger partial charge in [0.25, 0.3) is 0 Å². The van der Waals surface area contributed by atoms with Crippen molar-refractivity contribution in [2.45, 2.75) is 50.3 Å². The van der Waals surface area contributed by atoms with Gasteiger partial charge < -0.3 is 0 Å². The Labute approximate surface area is 101 Å². The van der Waals surface area contributed by atoms with Gasteiger partial charge in [0.05, 0.1) is 0 Å². The minimum Gasteiger partial charge on any atom is -0.0890 e. The molecule has 1 aliphatic carbocycles. The Morgan fingerprint density at radius 2 is 1.80 bits per heavy atom. The molecule has 1 heteroatoms. The van der Waals surface area contributed by atoms with E-state index in [1.807, 2.05) is 0 Å². The minimum atomic E-state index is 0.394. The lowest BCUT2D eigenvalue weighted by atomic mass is 9.80. The molecule has 0 heterocycles. The Morgan fingerprint density at radius 1 is 1.20 bits per heavy atom. The molecular weight excluding hydrogens is 248 g/mol. The van der Waals surface area contributed by atoms with E-state index in [1.54, 1.807) is 0 Å². The molecular formula is C14H19Br. The number of benzene rings is 1. The molecule has 1 aliphatic rings. The van der Waals surface area contributed by atoms with Crippen LogP contribution in [0.25, 0.3) is 0 Å². The van der Waals surface area contributed by atoms with E-state index in [0.717, 1.165) is 0 Å². The fourth-order valence-corrected chi connectivity index (χ4v) is 3.70. The summed E-state index contributed by atoms with van der Waals surface area (Å²) in [5.41, 5.74) is 4.71. The average Bonchev–Trinajstić information content (AvgIpc) is 2.46. The van der Waals surface area contributed by atoms with Crippen LogP contribution in [0, 0.1) is 13.8 Å². The van der Waals surface area contributed by atoms with E-state index in [9.17, 15) is 0 Å². The average molecular weight is 267 g/mol. The summed E-state index contributed by atoms with van der Waals surface area (Å²) in [6.45, 7) is 6.79. The summed E-state index contributed by atoms with van der Waals surface area (Å²) in [6.07, 6.45) is 3.89. The van der Waals surface area contributed by atoms with Gasteiger partial charge in [-0.05, 0) is 44.1 Å². The number of halogens is 1. The Balaban J connectivity index is 2.36. The molecule has 0 aliphatic heterocycles. The first-order valence-electron chi connectivity index (χ1n) is 5.72. The van der Waals surface area contributed by atoms with E-state index in [0.29, 0.717) is 10.2 Å². The van der Waals surface area contributed by atoms with Crippen molar-refractivity contribution in [2.75, 3.05) is 0 Å². The summed E-state index contributed by atoms with van der Waals surface area (Å²) in [4.78, 5) is 0.711. The quantitative estimate of drug-likeness (QED) is 0.657. The molecule has 0 bridgehead atoms. The van der Waals surface area contributed by atoms with Crippen LogP contribution >= 0.6 is 15.9 Å². The van der Waals surface area contributed by atoms with Crippen LogP contribution in [0.1, 0.15) is 42.9 Å². The number of alkyl halides is 1. The normalized spacial score (nSPS) is 30.8. The van der Waals surface area contributed by atoms with Crippen molar-refractivity contribution in [2.24, 2.45) is 0 Å². The maximum absolute atomic E-state index is 3.75. The second-order valence-electron chi connectivity index (χ2n) is 5.28. The predicted octanol–water partition coefficient (Wildman–Crippen LogP) is 4.51. The van der Waals surface area contributed by atoms with E-state index in [-0.39, 0.29) is 0 Å². The summed E-state index contributed by atoms with van der Waals surface area (Å²) < 4.78 is 0. The number of hydrogen-bond donors (Lipinski definition) is 0. The van der Waals surface area contributed by atoms with Crippen molar-refractivity contribution < 1.29 is 0 Å². The van der Waals surface area contributed by atoms with Gasteiger partial charge in [-0.3, -0.25) is 0 Å². The topological polar surface area (TPSA) is 0 Å². The van der Waals surface area contributed by atoms with Crippen LogP contribution in [0.5, 0.6) is 0 Å². The third-order valence-corrected chi connectivity index (χ3v) is 4.38. The fraction of sp³-hybridized carbons (Fsp3) is 0.571. The van der Waals surface area contributed by atoms with Crippen LogP contribution in [0.15, 0.2) is 18.2 Å². The Kier molecular flexibility index (Phi) is 2.94. The molecule has 1 aromatic carbocycles. The zero-order valence-corrected chi connectivity index (χ0v) is 11.4. The predicted molar refractivity (Wildman–Crippen MR) is 69.8 cm³/mol. The summed E-state index contributed by atoms with van der Waals surface area (Å²) in [5.74, 6) is 0. The van der Waals surface area contributed by atoms with Crippen molar-refractivity contribution in [3.05, 3.63) is 34.9 Å². The summed E-state index contributed by atoms with van der Waals surface area (Å²) >= 11 is 3.75. The first kappa shape index (κ1) is 11.2. The van der Waals surface area contributed by atoms with Gasteiger partial charge >= 0.3 is 0 Å². The molecule has 0 radical (unpaired) electrons. The molecule has 0 saturated heterocycles. The van der Waals surface area contributed by atoms with Crippen molar-refractivity contribution >= 4 is 15.9 Å². The lowest BCUT2D eigenvalue weighted by Crippen LogP contribution is -2.18. The van der Waals surface area contributed by atoms with E-state index >= 15 is 0 Å². The first-order valence-corrected chi connectivity index (χ1v) is 6.64. The molecule has 0 nitrogen and oxygen atoms in total. The molecule has 1 aromatic rings. The molecule has 1 fully saturated rings. The monoisotopic (exact) mass is 266 g/mol. The van der Waals surface area contributed by atoms with Crippen LogP contribution in [0.2, 0.25) is 0 Å². The smallest absolute Gasteiger partial charge is 0.0154 e. The summed E-state index contributed by atoms with van der Waals surface area (Å²) in [7, 11) is 0. The molecule has 2 unspecified atom stereocenters. The second-order valence-corrected chi connectivity index (χ2v) is 6.57. The summed E-state index contributed by atoms with van der Waals surface area (Å²) in [5, 5.41) is 0. The zero-order valence-electron chi connectivity index (χ0n) is 9.81. The molecule has 1 saturated carbocycles. The lowest BCUT2D eigenvalue weighted by Gasteiger charge is -2.25. The van der Waals surface area contributed by atoms with Gasteiger partial charge in [0.15, 0.2) is 0 Å². The first-order chi connectivity index (χ1) is 6.99. The van der Waals surface area contributed by atoms with Crippen LogP contribution in [0.4, 0.5) is 0 Å². The molecule has 2 atom stereocenters. The molecule has 0 N–H and O–H groups in total. The van der Waals surface area contributed by atoms with Crippen molar-refractivity contribution in [3.63, 3.8) is 0 Å². The van der Waals surface area contributed by atoms with Crippen LogP contribution in [-0.2, 0) is 5.41 Å². The second kappa shape index (κ2) is 3.93. The fourth-order valence-electron chi connectivity index (χ4n) is 2.75. The molecule has 2 rings (SSSR count). The Bertz CT molecular complexity index is 349. The third kappa shape index (κ3) is 2.28. The number of rotatable bonds is 1. The maximum Gasteiger partial charge on any atom is 0.0154 e. The zero-order chi connectivity index (χ0) is 11.1. The van der Waals surface area contributed by atoms with Gasteiger partial charge in [0.2, 0.25) is 0 Å². The van der Waals surface area contributed by atoms with E-state index in [4.69, 9.17) is 0 Å². The maximum atomic E-state index is 3.75. The van der Waals surface area contributed by atoms with E-state index < -0.39 is 0 Å². The Morgan fingerprint density at radius 3 is 2.27 bits per heavy atom. The minimum absolute atomic E-state index is 0.394. The van der Waals surface area contributed by atoms with Crippen LogP contribution in [0.3, 0.4) is 0 Å². The number of hydrogen-bond acceptors (Lipinski definition) is 0. The van der Waals surface area contributed by atoms with Gasteiger partial charge in [0.1, 0.15) is 0 Å². The molecule has 0 aromatic heterocycles. The van der Waals surface area contributed by atoms with Crippen LogP contribution in [-0.4, -0.2) is 4.83 Å². The van der Waals surface area contributed by atoms with Crippen molar-refractivity contribution in [1.82, 2.24) is 0 Å². The highest BCUT2D eigenvalue weighted by atomic mass is 79.9.